The number of carbonyl (C=O) groups is 2. The van der Waals surface area contributed by atoms with E-state index in [0.717, 1.165) is 42.6 Å². The first-order chi connectivity index (χ1) is 11.5. The quantitative estimate of drug-likeness (QED) is 0.837. The summed E-state index contributed by atoms with van der Waals surface area (Å²) in [7, 11) is 1.63. The summed E-state index contributed by atoms with van der Waals surface area (Å²) >= 11 is 0. The van der Waals surface area contributed by atoms with Crippen LogP contribution in [-0.2, 0) is 14.9 Å². The first-order valence-electron chi connectivity index (χ1n) is 8.36. The van der Waals surface area contributed by atoms with Crippen LogP contribution in [0, 0.1) is 6.92 Å². The summed E-state index contributed by atoms with van der Waals surface area (Å²) in [4.78, 5) is 25.6. The second-order valence-electron chi connectivity index (χ2n) is 6.69. The minimum absolute atomic E-state index is 0.102. The molecule has 6 nitrogen and oxygen atoms in total. The van der Waals surface area contributed by atoms with Crippen LogP contribution in [0.1, 0.15) is 36.8 Å². The molecule has 1 aromatic rings. The molecule has 2 aliphatic rings. The lowest BCUT2D eigenvalue weighted by Crippen LogP contribution is -2.42. The van der Waals surface area contributed by atoms with Gasteiger partial charge in [-0.1, -0.05) is 12.1 Å². The number of benzene rings is 1. The van der Waals surface area contributed by atoms with Gasteiger partial charge in [-0.25, -0.2) is 4.79 Å². The van der Waals surface area contributed by atoms with Crippen molar-refractivity contribution in [1.29, 1.82) is 0 Å². The van der Waals surface area contributed by atoms with E-state index in [2.05, 4.69) is 0 Å². The van der Waals surface area contributed by atoms with Crippen LogP contribution in [0.3, 0.4) is 0 Å². The van der Waals surface area contributed by atoms with Gasteiger partial charge >= 0.3 is 12.0 Å². The number of rotatable bonds is 5. The Morgan fingerprint density at radius 3 is 2.75 bits per heavy atom. The van der Waals surface area contributed by atoms with Crippen LogP contribution in [0.5, 0.6) is 5.75 Å². The standard InChI is InChI=1S/C18H24N2O4/c1-12-5-6-13(10-15(12)23-2)18(7-8-18)16(21)24-11-14-4-3-9-20(14)17(19)22/h5-6,10,14H,3-4,7-9,11H2,1-2H3,(H2,19,22). The zero-order valence-corrected chi connectivity index (χ0v) is 14.2. The van der Waals surface area contributed by atoms with E-state index >= 15 is 0 Å². The average molecular weight is 332 g/mol. The van der Waals surface area contributed by atoms with E-state index in [9.17, 15) is 9.59 Å². The summed E-state index contributed by atoms with van der Waals surface area (Å²) in [6.45, 7) is 2.82. The number of amides is 2. The fraction of sp³-hybridized carbons (Fsp3) is 0.556. The average Bonchev–Trinajstić information content (AvgIpc) is 3.24. The number of hydrogen-bond donors (Lipinski definition) is 1. The molecule has 0 bridgehead atoms. The van der Waals surface area contributed by atoms with E-state index in [0.29, 0.717) is 6.54 Å². The topological polar surface area (TPSA) is 81.9 Å². The molecule has 1 saturated carbocycles. The maximum atomic E-state index is 12.6. The molecule has 1 saturated heterocycles. The Kier molecular flexibility index (Phi) is 4.39. The minimum Gasteiger partial charge on any atom is -0.496 e. The van der Waals surface area contributed by atoms with Crippen LogP contribution >= 0.6 is 0 Å². The van der Waals surface area contributed by atoms with Gasteiger partial charge in [-0.2, -0.15) is 0 Å². The second kappa shape index (κ2) is 6.34. The highest BCUT2D eigenvalue weighted by atomic mass is 16.5. The third kappa shape index (κ3) is 2.92. The monoisotopic (exact) mass is 332 g/mol. The van der Waals surface area contributed by atoms with Crippen molar-refractivity contribution in [2.24, 2.45) is 5.73 Å². The number of likely N-dealkylation sites (tertiary alicyclic amines) is 1. The molecule has 2 fully saturated rings. The van der Waals surface area contributed by atoms with Gasteiger partial charge in [0.15, 0.2) is 0 Å². The smallest absolute Gasteiger partial charge is 0.316 e. The molecule has 0 aromatic heterocycles. The minimum atomic E-state index is -0.558. The van der Waals surface area contributed by atoms with E-state index < -0.39 is 11.4 Å². The van der Waals surface area contributed by atoms with Gasteiger partial charge in [0.2, 0.25) is 0 Å². The van der Waals surface area contributed by atoms with Crippen molar-refractivity contribution < 1.29 is 19.1 Å². The third-order valence-corrected chi connectivity index (χ3v) is 5.17. The SMILES string of the molecule is COc1cc(C2(C(=O)OCC3CCCN3C(N)=O)CC2)ccc1C. The highest BCUT2D eigenvalue weighted by molar-refractivity contribution is 5.87. The van der Waals surface area contributed by atoms with Gasteiger partial charge in [0.05, 0.1) is 18.6 Å². The first kappa shape index (κ1) is 16.6. The van der Waals surface area contributed by atoms with Gasteiger partial charge < -0.3 is 20.1 Å². The molecule has 1 aliphatic carbocycles. The Hall–Kier alpha value is -2.24. The number of primary amides is 1. The van der Waals surface area contributed by atoms with Crippen molar-refractivity contribution in [3.05, 3.63) is 29.3 Å². The zero-order chi connectivity index (χ0) is 17.3. The lowest BCUT2D eigenvalue weighted by atomic mass is 9.94. The highest BCUT2D eigenvalue weighted by Crippen LogP contribution is 2.50. The molecule has 0 radical (unpaired) electrons. The lowest BCUT2D eigenvalue weighted by molar-refractivity contribution is -0.148. The molecule has 24 heavy (non-hydrogen) atoms. The normalized spacial score (nSPS) is 21.4. The Balaban J connectivity index is 1.67. The largest absolute Gasteiger partial charge is 0.496 e. The number of nitrogens with two attached hydrogens (primary N) is 1. The zero-order valence-electron chi connectivity index (χ0n) is 14.2. The van der Waals surface area contributed by atoms with Gasteiger partial charge in [0, 0.05) is 6.54 Å². The molecule has 0 spiro atoms. The number of carbonyl (C=O) groups excluding carboxylic acids is 2. The maximum Gasteiger partial charge on any atom is 0.316 e. The number of methoxy groups -OCH3 is 1. The van der Waals surface area contributed by atoms with Gasteiger partial charge in [-0.15, -0.1) is 0 Å². The molecule has 1 unspecified atom stereocenters. The molecule has 1 atom stereocenters. The van der Waals surface area contributed by atoms with Gasteiger partial charge in [-0.05, 0) is 49.8 Å². The molecule has 1 aromatic carbocycles. The van der Waals surface area contributed by atoms with Crippen molar-refractivity contribution in [3.8, 4) is 5.75 Å². The summed E-state index contributed by atoms with van der Waals surface area (Å²) in [5.74, 6) is 0.562. The Bertz CT molecular complexity index is 654. The molecular formula is C18H24N2O4. The van der Waals surface area contributed by atoms with Gasteiger partial charge in [0.25, 0.3) is 0 Å². The Morgan fingerprint density at radius 1 is 1.38 bits per heavy atom. The molecule has 1 aliphatic heterocycles. The van der Waals surface area contributed by atoms with E-state index in [-0.39, 0.29) is 18.6 Å². The molecular weight excluding hydrogens is 308 g/mol. The summed E-state index contributed by atoms with van der Waals surface area (Å²) in [5.41, 5.74) is 6.78. The summed E-state index contributed by atoms with van der Waals surface area (Å²) < 4.78 is 10.9. The molecule has 1 heterocycles. The fourth-order valence-corrected chi connectivity index (χ4v) is 3.46. The van der Waals surface area contributed by atoms with Crippen molar-refractivity contribution in [3.63, 3.8) is 0 Å². The predicted molar refractivity (Wildman–Crippen MR) is 88.9 cm³/mol. The molecule has 6 heteroatoms. The molecule has 2 N–H and O–H groups in total. The fourth-order valence-electron chi connectivity index (χ4n) is 3.46. The second-order valence-corrected chi connectivity index (χ2v) is 6.69. The maximum absolute atomic E-state index is 12.6. The predicted octanol–water partition coefficient (Wildman–Crippen LogP) is 2.12. The number of nitrogens with zero attached hydrogens (tertiary/aromatic N) is 1. The molecule has 2 amide bonds. The van der Waals surface area contributed by atoms with E-state index in [4.69, 9.17) is 15.2 Å². The summed E-state index contributed by atoms with van der Waals surface area (Å²) in [6.07, 6.45) is 3.28. The third-order valence-electron chi connectivity index (χ3n) is 5.17. The van der Waals surface area contributed by atoms with Crippen molar-refractivity contribution in [2.75, 3.05) is 20.3 Å². The number of urea groups is 1. The van der Waals surface area contributed by atoms with E-state index in [1.807, 2.05) is 25.1 Å². The number of hydrogen-bond acceptors (Lipinski definition) is 4. The lowest BCUT2D eigenvalue weighted by Gasteiger charge is -2.23. The van der Waals surface area contributed by atoms with Crippen LogP contribution in [0.15, 0.2) is 18.2 Å². The van der Waals surface area contributed by atoms with Crippen LogP contribution in [-0.4, -0.2) is 43.2 Å². The van der Waals surface area contributed by atoms with Crippen LogP contribution < -0.4 is 10.5 Å². The summed E-state index contributed by atoms with van der Waals surface area (Å²) in [6, 6.07) is 5.31. The van der Waals surface area contributed by atoms with E-state index in [1.165, 1.54) is 0 Å². The highest BCUT2D eigenvalue weighted by Gasteiger charge is 2.53. The molecule has 130 valence electrons. The van der Waals surface area contributed by atoms with Crippen molar-refractivity contribution >= 4 is 12.0 Å². The number of aryl methyl sites for hydroxylation is 1. The van der Waals surface area contributed by atoms with Crippen molar-refractivity contribution in [2.45, 2.75) is 44.1 Å². The van der Waals surface area contributed by atoms with E-state index in [1.54, 1.807) is 12.0 Å². The van der Waals surface area contributed by atoms with Gasteiger partial charge in [0.1, 0.15) is 12.4 Å². The first-order valence-corrected chi connectivity index (χ1v) is 8.36. The van der Waals surface area contributed by atoms with Crippen LogP contribution in [0.2, 0.25) is 0 Å². The number of esters is 1. The number of ether oxygens (including phenoxy) is 2. The van der Waals surface area contributed by atoms with Crippen LogP contribution in [0.4, 0.5) is 4.79 Å². The Labute approximate surface area is 141 Å². The van der Waals surface area contributed by atoms with Crippen LogP contribution in [0.25, 0.3) is 0 Å². The summed E-state index contributed by atoms with van der Waals surface area (Å²) in [5, 5.41) is 0. The van der Waals surface area contributed by atoms with Crippen molar-refractivity contribution in [1.82, 2.24) is 4.90 Å². The van der Waals surface area contributed by atoms with Gasteiger partial charge in [-0.3, -0.25) is 4.79 Å². The molecule has 3 rings (SSSR count). The Morgan fingerprint density at radius 2 is 2.12 bits per heavy atom.